The second-order valence-corrected chi connectivity index (χ2v) is 5.97. The Morgan fingerprint density at radius 1 is 1.40 bits per heavy atom. The molecule has 20 heavy (non-hydrogen) atoms. The van der Waals surface area contributed by atoms with Crippen molar-refractivity contribution in [3.63, 3.8) is 0 Å². The zero-order valence-electron chi connectivity index (χ0n) is 12.2. The lowest BCUT2D eigenvalue weighted by molar-refractivity contribution is -0.136. The average molecular weight is 282 g/mol. The zero-order chi connectivity index (χ0) is 14.5. The first-order valence-electron chi connectivity index (χ1n) is 7.62. The van der Waals surface area contributed by atoms with Crippen molar-refractivity contribution in [2.75, 3.05) is 26.2 Å². The van der Waals surface area contributed by atoms with E-state index < -0.39 is 0 Å². The van der Waals surface area contributed by atoms with Crippen LogP contribution in [-0.4, -0.2) is 55.0 Å². The Hall–Kier alpha value is -1.14. The fraction of sp³-hybridized carbons (Fsp3) is 0.857. The molecule has 0 radical (unpaired) electrons. The molecule has 0 saturated carbocycles. The van der Waals surface area contributed by atoms with E-state index in [1.807, 2.05) is 4.90 Å². The number of hydrogen-bond donors (Lipinski definition) is 3. The molecular weight excluding hydrogens is 256 g/mol. The van der Waals surface area contributed by atoms with Gasteiger partial charge < -0.3 is 21.3 Å². The fourth-order valence-corrected chi connectivity index (χ4v) is 3.10. The largest absolute Gasteiger partial charge is 0.346 e. The molecule has 2 aliphatic rings. The van der Waals surface area contributed by atoms with Gasteiger partial charge in [-0.05, 0) is 38.1 Å². The van der Waals surface area contributed by atoms with E-state index in [2.05, 4.69) is 17.6 Å². The lowest BCUT2D eigenvalue weighted by Crippen LogP contribution is -2.53. The second-order valence-electron chi connectivity index (χ2n) is 5.97. The Balaban J connectivity index is 1.79. The summed E-state index contributed by atoms with van der Waals surface area (Å²) in [4.78, 5) is 25.9. The summed E-state index contributed by atoms with van der Waals surface area (Å²) in [5, 5.41) is 5.87. The highest BCUT2D eigenvalue weighted by Gasteiger charge is 2.29. The lowest BCUT2D eigenvalue weighted by atomic mass is 9.92. The lowest BCUT2D eigenvalue weighted by Gasteiger charge is -2.38. The molecular formula is C14H26N4O2. The van der Waals surface area contributed by atoms with Crippen LogP contribution in [0.15, 0.2) is 0 Å². The van der Waals surface area contributed by atoms with Crippen LogP contribution < -0.4 is 16.4 Å². The van der Waals surface area contributed by atoms with E-state index >= 15 is 0 Å². The highest BCUT2D eigenvalue weighted by Crippen LogP contribution is 2.21. The average Bonchev–Trinajstić information content (AvgIpc) is 2.98. The van der Waals surface area contributed by atoms with Crippen LogP contribution in [0.1, 0.15) is 32.6 Å². The molecule has 3 unspecified atom stereocenters. The quantitative estimate of drug-likeness (QED) is 0.645. The van der Waals surface area contributed by atoms with Crippen molar-refractivity contribution >= 4 is 11.8 Å². The number of carbonyl (C=O) groups is 2. The van der Waals surface area contributed by atoms with Gasteiger partial charge in [-0.25, -0.2) is 0 Å². The first-order valence-corrected chi connectivity index (χ1v) is 7.62. The van der Waals surface area contributed by atoms with Crippen molar-refractivity contribution in [2.45, 2.75) is 44.7 Å². The number of nitrogens with zero attached hydrogens (tertiary/aromatic N) is 1. The SMILES string of the molecule is CC1CCN(C(=O)CNC(=O)C2CCCN2)C(CN)C1. The van der Waals surface area contributed by atoms with Gasteiger partial charge in [0.05, 0.1) is 12.6 Å². The molecule has 0 spiro atoms. The van der Waals surface area contributed by atoms with Crippen LogP contribution in [0.3, 0.4) is 0 Å². The van der Waals surface area contributed by atoms with Crippen LogP contribution in [0.4, 0.5) is 0 Å². The van der Waals surface area contributed by atoms with Crippen LogP contribution in [0.5, 0.6) is 0 Å². The Kier molecular flexibility index (Phi) is 5.37. The third kappa shape index (κ3) is 3.70. The molecule has 2 heterocycles. The number of likely N-dealkylation sites (tertiary alicyclic amines) is 1. The number of nitrogens with one attached hydrogen (secondary N) is 2. The molecule has 2 aliphatic heterocycles. The fourth-order valence-electron chi connectivity index (χ4n) is 3.10. The molecule has 3 atom stereocenters. The van der Waals surface area contributed by atoms with Crippen molar-refractivity contribution in [1.29, 1.82) is 0 Å². The first kappa shape index (κ1) is 15.3. The van der Waals surface area contributed by atoms with Crippen molar-refractivity contribution in [3.05, 3.63) is 0 Å². The van der Waals surface area contributed by atoms with Gasteiger partial charge in [-0.3, -0.25) is 9.59 Å². The van der Waals surface area contributed by atoms with Gasteiger partial charge in [-0.15, -0.1) is 0 Å². The minimum atomic E-state index is -0.130. The Morgan fingerprint density at radius 2 is 2.20 bits per heavy atom. The Bertz CT molecular complexity index is 355. The summed E-state index contributed by atoms with van der Waals surface area (Å²) in [7, 11) is 0. The molecule has 2 saturated heterocycles. The molecule has 114 valence electrons. The predicted octanol–water partition coefficient (Wildman–Crippen LogP) is -0.560. The third-order valence-corrected chi connectivity index (χ3v) is 4.36. The van der Waals surface area contributed by atoms with E-state index in [4.69, 9.17) is 5.73 Å². The Morgan fingerprint density at radius 3 is 2.85 bits per heavy atom. The molecule has 2 amide bonds. The molecule has 0 aromatic heterocycles. The maximum absolute atomic E-state index is 12.2. The summed E-state index contributed by atoms with van der Waals surface area (Å²) in [6, 6.07) is -0.0118. The number of piperidine rings is 1. The minimum absolute atomic E-state index is 0.0151. The van der Waals surface area contributed by atoms with Crippen molar-refractivity contribution in [2.24, 2.45) is 11.7 Å². The van der Waals surface area contributed by atoms with E-state index in [9.17, 15) is 9.59 Å². The van der Waals surface area contributed by atoms with Crippen molar-refractivity contribution in [3.8, 4) is 0 Å². The molecule has 0 aromatic carbocycles. The highest BCUT2D eigenvalue weighted by atomic mass is 16.2. The number of carbonyl (C=O) groups excluding carboxylic acids is 2. The molecule has 2 fully saturated rings. The van der Waals surface area contributed by atoms with E-state index in [-0.39, 0.29) is 30.4 Å². The van der Waals surface area contributed by atoms with Gasteiger partial charge in [-0.1, -0.05) is 6.92 Å². The number of rotatable bonds is 4. The van der Waals surface area contributed by atoms with Gasteiger partial charge in [0.25, 0.3) is 0 Å². The molecule has 6 nitrogen and oxygen atoms in total. The normalized spacial score (nSPS) is 30.3. The van der Waals surface area contributed by atoms with Crippen LogP contribution in [0, 0.1) is 5.92 Å². The van der Waals surface area contributed by atoms with Gasteiger partial charge in [0.15, 0.2) is 0 Å². The summed E-state index contributed by atoms with van der Waals surface area (Å²) in [6.07, 6.45) is 3.85. The molecule has 0 aliphatic carbocycles. The van der Waals surface area contributed by atoms with E-state index in [0.29, 0.717) is 12.5 Å². The maximum atomic E-state index is 12.2. The van der Waals surface area contributed by atoms with Crippen LogP contribution >= 0.6 is 0 Å². The van der Waals surface area contributed by atoms with E-state index in [1.165, 1.54) is 0 Å². The maximum Gasteiger partial charge on any atom is 0.242 e. The highest BCUT2D eigenvalue weighted by molar-refractivity contribution is 5.87. The van der Waals surface area contributed by atoms with E-state index in [0.717, 1.165) is 38.8 Å². The van der Waals surface area contributed by atoms with Gasteiger partial charge in [-0.2, -0.15) is 0 Å². The molecule has 0 aromatic rings. The van der Waals surface area contributed by atoms with Gasteiger partial charge in [0.2, 0.25) is 11.8 Å². The van der Waals surface area contributed by atoms with Gasteiger partial charge in [0.1, 0.15) is 0 Å². The van der Waals surface area contributed by atoms with Crippen LogP contribution in [0.25, 0.3) is 0 Å². The molecule has 2 rings (SSSR count). The summed E-state index contributed by atoms with van der Waals surface area (Å²) in [5.41, 5.74) is 5.76. The zero-order valence-corrected chi connectivity index (χ0v) is 12.2. The number of nitrogens with two attached hydrogens (primary N) is 1. The predicted molar refractivity (Wildman–Crippen MR) is 77.0 cm³/mol. The van der Waals surface area contributed by atoms with Gasteiger partial charge >= 0.3 is 0 Å². The first-order chi connectivity index (χ1) is 9.61. The smallest absolute Gasteiger partial charge is 0.242 e. The molecule has 6 heteroatoms. The number of hydrogen-bond acceptors (Lipinski definition) is 4. The van der Waals surface area contributed by atoms with Crippen molar-refractivity contribution < 1.29 is 9.59 Å². The standard InChI is InChI=1S/C14H26N4O2/c1-10-4-6-18(11(7-10)8-15)13(19)9-17-14(20)12-3-2-5-16-12/h10-12,16H,2-9,15H2,1H3,(H,17,20). The second kappa shape index (κ2) is 7.04. The minimum Gasteiger partial charge on any atom is -0.346 e. The summed E-state index contributed by atoms with van der Waals surface area (Å²) >= 11 is 0. The topological polar surface area (TPSA) is 87.5 Å². The van der Waals surface area contributed by atoms with Crippen molar-refractivity contribution in [1.82, 2.24) is 15.5 Å². The van der Waals surface area contributed by atoms with Gasteiger partial charge in [0, 0.05) is 19.1 Å². The summed E-state index contributed by atoms with van der Waals surface area (Å²) in [6.45, 7) is 4.40. The molecule has 0 bridgehead atoms. The third-order valence-electron chi connectivity index (χ3n) is 4.36. The summed E-state index contributed by atoms with van der Waals surface area (Å²) in [5.74, 6) is 0.536. The monoisotopic (exact) mass is 282 g/mol. The number of amides is 2. The molecule has 4 N–H and O–H groups in total. The van der Waals surface area contributed by atoms with Crippen LogP contribution in [0.2, 0.25) is 0 Å². The van der Waals surface area contributed by atoms with Crippen LogP contribution in [-0.2, 0) is 9.59 Å². The summed E-state index contributed by atoms with van der Waals surface area (Å²) < 4.78 is 0. The van der Waals surface area contributed by atoms with E-state index in [1.54, 1.807) is 0 Å². The Labute approximate surface area is 120 Å².